The molecule has 1 aromatic rings. The smallest absolute Gasteiger partial charge is 0.0512 e. The quantitative estimate of drug-likeness (QED) is 0.577. The maximum absolute atomic E-state index is 11.8. The van der Waals surface area contributed by atoms with Crippen molar-refractivity contribution in [2.75, 3.05) is 0 Å². The summed E-state index contributed by atoms with van der Waals surface area (Å²) in [5.74, 6) is 0. The molecule has 0 saturated carbocycles. The van der Waals surface area contributed by atoms with Crippen molar-refractivity contribution in [3.05, 3.63) is 22.0 Å². The van der Waals surface area contributed by atoms with Gasteiger partial charge in [0.2, 0.25) is 0 Å². The van der Waals surface area contributed by atoms with Crippen molar-refractivity contribution >= 4 is 22.6 Å². The highest BCUT2D eigenvalue weighted by molar-refractivity contribution is 14.1. The molecule has 1 heterocycles. The fraction of sp³-hybridized carbons (Fsp3) is 0. The van der Waals surface area contributed by atoms with Crippen molar-refractivity contribution in [1.29, 1.82) is 0 Å². The van der Waals surface area contributed by atoms with E-state index in [0.717, 1.165) is 3.57 Å². The molecule has 3 heteroatoms. The van der Waals surface area contributed by atoms with Gasteiger partial charge in [0.25, 0.3) is 0 Å². The Morgan fingerprint density at radius 2 is 2.43 bits per heavy atom. The Morgan fingerprint density at radius 3 is 2.57 bits per heavy atom. The molecule has 0 aliphatic carbocycles. The summed E-state index contributed by atoms with van der Waals surface area (Å²) in [6.07, 6.45) is 2.77. The van der Waals surface area contributed by atoms with Crippen LogP contribution in [0, 0.1) is 3.57 Å². The lowest BCUT2D eigenvalue weighted by Crippen LogP contribution is -1.67. The highest BCUT2D eigenvalue weighted by Gasteiger charge is 1.85. The van der Waals surface area contributed by atoms with Gasteiger partial charge in [0.05, 0.1) is 6.20 Å². The lowest BCUT2D eigenvalue weighted by molar-refractivity contribution is 0.371. The van der Waals surface area contributed by atoms with Gasteiger partial charge in [-0.05, 0) is 28.7 Å². The molecule has 38 valence electrons. The van der Waals surface area contributed by atoms with E-state index in [0.29, 0.717) is 4.79 Å². The van der Waals surface area contributed by atoms with Crippen LogP contribution in [0.25, 0.3) is 0 Å². The Morgan fingerprint density at radius 1 is 1.71 bits per heavy atom. The van der Waals surface area contributed by atoms with Crippen molar-refractivity contribution < 1.29 is 4.48 Å². The van der Waals surface area contributed by atoms with Crippen molar-refractivity contribution in [3.63, 3.8) is 0 Å². The Bertz CT molecular complexity index is 144. The van der Waals surface area contributed by atoms with E-state index >= 15 is 0 Å². The molecular weight excluding hydrogens is 208 g/mol. The molecule has 0 aromatic carbocycles. The zero-order valence-electron chi connectivity index (χ0n) is 3.44. The number of hydrogen-bond donors (Lipinski definition) is 0. The van der Waals surface area contributed by atoms with Crippen LogP contribution in [-0.4, -0.2) is 4.79 Å². The van der Waals surface area contributed by atoms with Crippen LogP contribution < -0.4 is 0 Å². The minimum absolute atomic E-state index is 0.530. The van der Waals surface area contributed by atoms with Gasteiger partial charge < -0.3 is 0 Å². The zero-order chi connectivity index (χ0) is 5.28. The highest BCUT2D eigenvalue weighted by Crippen LogP contribution is 2.02. The summed E-state index contributed by atoms with van der Waals surface area (Å²) >= 11 is 2.04. The van der Waals surface area contributed by atoms with Crippen molar-refractivity contribution in [2.24, 2.45) is 0 Å². The Kier molecular flexibility index (Phi) is 1.32. The third-order valence-corrected chi connectivity index (χ3v) is 1.26. The van der Waals surface area contributed by atoms with Crippen LogP contribution in [0.1, 0.15) is 0 Å². The largest absolute Gasteiger partial charge is 0.193 e. The fourth-order valence-electron chi connectivity index (χ4n) is 0.346. The van der Waals surface area contributed by atoms with Crippen LogP contribution in [-0.2, 0) is 0 Å². The standard InChI is InChI=1S/C4H3FIN/c5-7-2-1-4(6)3-7/h1-3H. The monoisotopic (exact) mass is 211 g/mol. The van der Waals surface area contributed by atoms with E-state index in [1.807, 2.05) is 22.6 Å². The average molecular weight is 211 g/mol. The summed E-state index contributed by atoms with van der Waals surface area (Å²) in [7, 11) is 0. The first-order chi connectivity index (χ1) is 3.29. The molecule has 0 N–H and O–H groups in total. The molecule has 0 aliphatic rings. The molecule has 1 rings (SSSR count). The molecule has 0 amide bonds. The summed E-state index contributed by atoms with van der Waals surface area (Å²) in [4.78, 5) is 0.530. The number of hydrogen-bond acceptors (Lipinski definition) is 0. The number of aromatic nitrogens is 1. The van der Waals surface area contributed by atoms with Crippen molar-refractivity contribution in [3.8, 4) is 0 Å². The van der Waals surface area contributed by atoms with Gasteiger partial charge in [-0.3, -0.25) is 0 Å². The summed E-state index contributed by atoms with van der Waals surface area (Å²) < 4.78 is 12.8. The summed E-state index contributed by atoms with van der Waals surface area (Å²) in [5.41, 5.74) is 0. The first kappa shape index (κ1) is 5.08. The number of nitrogens with zero attached hydrogens (tertiary/aromatic N) is 1. The minimum atomic E-state index is 0.530. The fourth-order valence-corrected chi connectivity index (χ4v) is 0.773. The van der Waals surface area contributed by atoms with E-state index < -0.39 is 0 Å². The van der Waals surface area contributed by atoms with Crippen LogP contribution in [0.15, 0.2) is 18.5 Å². The van der Waals surface area contributed by atoms with Gasteiger partial charge in [-0.15, -0.1) is 0 Å². The van der Waals surface area contributed by atoms with Crippen LogP contribution in [0.2, 0.25) is 0 Å². The zero-order valence-corrected chi connectivity index (χ0v) is 5.59. The van der Waals surface area contributed by atoms with Crippen molar-refractivity contribution in [1.82, 2.24) is 4.79 Å². The first-order valence-corrected chi connectivity index (χ1v) is 2.86. The van der Waals surface area contributed by atoms with Gasteiger partial charge in [-0.25, -0.2) is 0 Å². The lowest BCUT2D eigenvalue weighted by Gasteiger charge is -1.73. The van der Waals surface area contributed by atoms with E-state index in [9.17, 15) is 4.48 Å². The average Bonchev–Trinajstić information content (AvgIpc) is 1.87. The van der Waals surface area contributed by atoms with Crippen LogP contribution >= 0.6 is 22.6 Å². The number of rotatable bonds is 0. The number of halogens is 2. The maximum Gasteiger partial charge on any atom is 0.0512 e. The molecule has 1 nitrogen and oxygen atoms in total. The predicted octanol–water partition coefficient (Wildman–Crippen LogP) is 1.83. The molecular formula is C4H3FIN. The third-order valence-electron chi connectivity index (χ3n) is 0.623. The van der Waals surface area contributed by atoms with Gasteiger partial charge in [0.15, 0.2) is 0 Å². The molecule has 0 radical (unpaired) electrons. The topological polar surface area (TPSA) is 4.93 Å². The summed E-state index contributed by atoms with van der Waals surface area (Å²) in [5, 5.41) is 0. The maximum atomic E-state index is 11.8. The Labute approximate surface area is 54.2 Å². The first-order valence-electron chi connectivity index (χ1n) is 1.79. The van der Waals surface area contributed by atoms with E-state index in [4.69, 9.17) is 0 Å². The molecule has 0 unspecified atom stereocenters. The van der Waals surface area contributed by atoms with E-state index in [2.05, 4.69) is 0 Å². The SMILES string of the molecule is Fn1ccc(I)c1. The summed E-state index contributed by atoms with van der Waals surface area (Å²) in [6, 6.07) is 1.69. The second kappa shape index (κ2) is 1.81. The molecule has 0 fully saturated rings. The molecule has 0 atom stereocenters. The Hall–Kier alpha value is -0.0600. The van der Waals surface area contributed by atoms with E-state index in [-0.39, 0.29) is 0 Å². The normalized spacial score (nSPS) is 9.43. The second-order valence-corrected chi connectivity index (χ2v) is 2.42. The molecule has 0 spiro atoms. The second-order valence-electron chi connectivity index (χ2n) is 1.17. The van der Waals surface area contributed by atoms with E-state index in [1.54, 1.807) is 6.07 Å². The van der Waals surface area contributed by atoms with Crippen LogP contribution in [0.5, 0.6) is 0 Å². The van der Waals surface area contributed by atoms with Crippen LogP contribution in [0.3, 0.4) is 0 Å². The van der Waals surface area contributed by atoms with Crippen molar-refractivity contribution in [2.45, 2.75) is 0 Å². The molecule has 0 saturated heterocycles. The lowest BCUT2D eigenvalue weighted by atomic mass is 10.7. The van der Waals surface area contributed by atoms with Gasteiger partial charge in [-0.2, -0.15) is 4.79 Å². The van der Waals surface area contributed by atoms with Gasteiger partial charge in [0, 0.05) is 9.77 Å². The molecule has 7 heavy (non-hydrogen) atoms. The molecule has 1 aromatic heterocycles. The summed E-state index contributed by atoms with van der Waals surface area (Å²) in [6.45, 7) is 0. The van der Waals surface area contributed by atoms with E-state index in [1.165, 1.54) is 12.4 Å². The predicted molar refractivity (Wildman–Crippen MR) is 33.7 cm³/mol. The molecule has 0 aliphatic heterocycles. The van der Waals surface area contributed by atoms with Gasteiger partial charge in [-0.1, -0.05) is 4.48 Å². The highest BCUT2D eigenvalue weighted by atomic mass is 127. The minimum Gasteiger partial charge on any atom is -0.193 e. The molecule has 0 bridgehead atoms. The van der Waals surface area contributed by atoms with Gasteiger partial charge >= 0.3 is 0 Å². The Balaban J connectivity index is 3.04. The third kappa shape index (κ3) is 1.15. The van der Waals surface area contributed by atoms with Gasteiger partial charge in [0.1, 0.15) is 0 Å². The van der Waals surface area contributed by atoms with Crippen LogP contribution in [0.4, 0.5) is 4.48 Å².